The third-order valence-corrected chi connectivity index (χ3v) is 5.09. The van der Waals surface area contributed by atoms with E-state index >= 15 is 0 Å². The Bertz CT molecular complexity index is 1180. The molecule has 1 atom stereocenters. The van der Waals surface area contributed by atoms with Crippen LogP contribution < -0.4 is 16.8 Å². The van der Waals surface area contributed by atoms with Crippen molar-refractivity contribution in [2.24, 2.45) is 5.73 Å². The second-order valence-electron chi connectivity index (χ2n) is 7.15. The number of fused-ring (bicyclic) bond motifs is 1. The quantitative estimate of drug-likeness (QED) is 0.584. The highest BCUT2D eigenvalue weighted by atomic mass is 19.4. The molecule has 4 heterocycles. The van der Waals surface area contributed by atoms with Crippen LogP contribution in [0.2, 0.25) is 0 Å². The predicted molar refractivity (Wildman–Crippen MR) is 106 cm³/mol. The summed E-state index contributed by atoms with van der Waals surface area (Å²) in [5.41, 5.74) is 10.8. The first-order valence-electron chi connectivity index (χ1n) is 9.32. The highest BCUT2D eigenvalue weighted by Gasteiger charge is 2.34. The van der Waals surface area contributed by atoms with Crippen molar-refractivity contribution in [3.8, 4) is 11.1 Å². The number of carbonyl (C=O) groups is 2. The van der Waals surface area contributed by atoms with E-state index in [0.717, 1.165) is 6.07 Å². The van der Waals surface area contributed by atoms with Crippen LogP contribution in [0.5, 0.6) is 0 Å². The van der Waals surface area contributed by atoms with Crippen LogP contribution in [0.25, 0.3) is 16.8 Å². The summed E-state index contributed by atoms with van der Waals surface area (Å²) in [6.07, 6.45) is 0.886. The Kier molecular flexibility index (Phi) is 4.91. The number of primary amides is 1. The molecule has 162 valence electrons. The van der Waals surface area contributed by atoms with Gasteiger partial charge in [0.2, 0.25) is 5.91 Å². The van der Waals surface area contributed by atoms with E-state index in [2.05, 4.69) is 15.3 Å². The monoisotopic (exact) mass is 433 g/mol. The molecule has 31 heavy (non-hydrogen) atoms. The maximum atomic E-state index is 13.1. The lowest BCUT2D eigenvalue weighted by atomic mass is 10.1. The normalized spacial score (nSPS) is 16.6. The fraction of sp³-hybridized carbons (Fsp3) is 0.263. The second-order valence-corrected chi connectivity index (χ2v) is 7.15. The van der Waals surface area contributed by atoms with Gasteiger partial charge in [-0.3, -0.25) is 10.1 Å². The molecule has 9 nitrogen and oxygen atoms in total. The van der Waals surface area contributed by atoms with Crippen LogP contribution in [0.1, 0.15) is 18.4 Å². The zero-order valence-electron chi connectivity index (χ0n) is 16.1. The number of pyridine rings is 2. The molecule has 3 aromatic heterocycles. The Morgan fingerprint density at radius 1 is 1.19 bits per heavy atom. The summed E-state index contributed by atoms with van der Waals surface area (Å²) in [5.74, 6) is -0.938. The Morgan fingerprint density at radius 3 is 2.68 bits per heavy atom. The van der Waals surface area contributed by atoms with Crippen LogP contribution in [0.4, 0.5) is 29.6 Å². The predicted octanol–water partition coefficient (Wildman–Crippen LogP) is 2.48. The number of rotatable bonds is 3. The summed E-state index contributed by atoms with van der Waals surface area (Å²) in [6, 6.07) is 2.95. The number of likely N-dealkylation sites (tertiary alicyclic amines) is 1. The first-order chi connectivity index (χ1) is 14.6. The van der Waals surface area contributed by atoms with E-state index in [1.54, 1.807) is 22.7 Å². The van der Waals surface area contributed by atoms with Gasteiger partial charge in [0.15, 0.2) is 5.82 Å². The summed E-state index contributed by atoms with van der Waals surface area (Å²) < 4.78 is 40.9. The van der Waals surface area contributed by atoms with Gasteiger partial charge in [0.1, 0.15) is 17.5 Å². The van der Waals surface area contributed by atoms with E-state index < -0.39 is 35.5 Å². The standard InChI is InChI=1S/C19H18F3N7O2/c20-19(21,22)12-6-11(7-25-16(12)23)10-3-4-15-26-14(9-28(15)8-10)27-18(31)29-5-1-2-13(29)17(24)30/h3-4,6-9,13H,1-2,5H2,(H2,23,25)(H2,24,30)(H,27,31). The first kappa shape index (κ1) is 20.4. The van der Waals surface area contributed by atoms with Gasteiger partial charge >= 0.3 is 12.2 Å². The second kappa shape index (κ2) is 7.45. The molecule has 1 unspecified atom stereocenters. The summed E-state index contributed by atoms with van der Waals surface area (Å²) in [7, 11) is 0. The maximum absolute atomic E-state index is 13.1. The number of aromatic nitrogens is 3. The van der Waals surface area contributed by atoms with Gasteiger partial charge in [0.25, 0.3) is 0 Å². The smallest absolute Gasteiger partial charge is 0.383 e. The van der Waals surface area contributed by atoms with Gasteiger partial charge < -0.3 is 20.8 Å². The number of nitrogens with zero attached hydrogens (tertiary/aromatic N) is 4. The first-order valence-corrected chi connectivity index (χ1v) is 9.32. The number of nitrogen functional groups attached to an aromatic ring is 1. The number of nitrogens with one attached hydrogen (secondary N) is 1. The summed E-state index contributed by atoms with van der Waals surface area (Å²) in [4.78, 5) is 33.3. The molecule has 0 aromatic carbocycles. The van der Waals surface area contributed by atoms with Gasteiger partial charge in [-0.1, -0.05) is 0 Å². The van der Waals surface area contributed by atoms with E-state index in [0.29, 0.717) is 30.6 Å². The van der Waals surface area contributed by atoms with Crippen LogP contribution in [-0.4, -0.2) is 43.8 Å². The van der Waals surface area contributed by atoms with E-state index in [4.69, 9.17) is 11.5 Å². The van der Waals surface area contributed by atoms with Crippen molar-refractivity contribution in [1.82, 2.24) is 19.3 Å². The SMILES string of the molecule is NC(=O)C1CCCN1C(=O)Nc1cn2cc(-c3cnc(N)c(C(F)(F)F)c3)ccc2n1. The number of urea groups is 1. The zero-order chi connectivity index (χ0) is 22.3. The summed E-state index contributed by atoms with van der Waals surface area (Å²) in [6.45, 7) is 0.405. The topological polar surface area (TPSA) is 132 Å². The highest BCUT2D eigenvalue weighted by molar-refractivity contribution is 5.93. The Hall–Kier alpha value is -3.83. The molecule has 12 heteroatoms. The number of anilines is 2. The van der Waals surface area contributed by atoms with Crippen LogP contribution in [0.3, 0.4) is 0 Å². The van der Waals surface area contributed by atoms with Crippen molar-refractivity contribution >= 4 is 29.2 Å². The van der Waals surface area contributed by atoms with Crippen molar-refractivity contribution in [3.63, 3.8) is 0 Å². The van der Waals surface area contributed by atoms with Crippen molar-refractivity contribution < 1.29 is 22.8 Å². The number of halogens is 3. The van der Waals surface area contributed by atoms with Gasteiger partial charge in [0, 0.05) is 30.1 Å². The van der Waals surface area contributed by atoms with Gasteiger partial charge in [0.05, 0.1) is 11.8 Å². The van der Waals surface area contributed by atoms with E-state index in [9.17, 15) is 22.8 Å². The van der Waals surface area contributed by atoms with E-state index in [1.807, 2.05) is 0 Å². The number of hydrogen-bond acceptors (Lipinski definition) is 5. The molecule has 1 aliphatic heterocycles. The van der Waals surface area contributed by atoms with Crippen LogP contribution in [0, 0.1) is 0 Å². The molecule has 5 N–H and O–H groups in total. The van der Waals surface area contributed by atoms with Crippen molar-refractivity contribution in [2.75, 3.05) is 17.6 Å². The van der Waals surface area contributed by atoms with Crippen LogP contribution in [-0.2, 0) is 11.0 Å². The van der Waals surface area contributed by atoms with Crippen molar-refractivity contribution in [1.29, 1.82) is 0 Å². The average molecular weight is 433 g/mol. The number of hydrogen-bond donors (Lipinski definition) is 3. The Morgan fingerprint density at radius 2 is 1.97 bits per heavy atom. The van der Waals surface area contributed by atoms with Crippen molar-refractivity contribution in [2.45, 2.75) is 25.1 Å². The number of alkyl halides is 3. The average Bonchev–Trinajstić information content (AvgIpc) is 3.33. The number of amides is 3. The van der Waals surface area contributed by atoms with Gasteiger partial charge in [-0.2, -0.15) is 13.2 Å². The highest BCUT2D eigenvalue weighted by Crippen LogP contribution is 2.35. The lowest BCUT2D eigenvalue weighted by Gasteiger charge is -2.21. The lowest BCUT2D eigenvalue weighted by Crippen LogP contribution is -2.45. The van der Waals surface area contributed by atoms with Gasteiger partial charge in [-0.25, -0.2) is 14.8 Å². The molecule has 3 amide bonds. The number of imidazole rings is 1. The van der Waals surface area contributed by atoms with Crippen LogP contribution >= 0.6 is 0 Å². The molecule has 1 saturated heterocycles. The minimum atomic E-state index is -4.62. The molecule has 0 saturated carbocycles. The molecule has 1 fully saturated rings. The summed E-state index contributed by atoms with van der Waals surface area (Å²) in [5, 5.41) is 2.62. The molecule has 0 aliphatic carbocycles. The lowest BCUT2D eigenvalue weighted by molar-refractivity contribution is -0.137. The molecular formula is C19H18F3N7O2. The molecule has 0 bridgehead atoms. The minimum absolute atomic E-state index is 0.226. The third kappa shape index (κ3) is 3.96. The molecule has 4 rings (SSSR count). The molecule has 0 radical (unpaired) electrons. The Labute approximate surface area is 173 Å². The number of nitrogens with two attached hydrogens (primary N) is 2. The Balaban J connectivity index is 1.59. The molecule has 3 aromatic rings. The van der Waals surface area contributed by atoms with E-state index in [-0.39, 0.29) is 11.4 Å². The zero-order valence-corrected chi connectivity index (χ0v) is 16.1. The summed E-state index contributed by atoms with van der Waals surface area (Å²) >= 11 is 0. The molecular weight excluding hydrogens is 415 g/mol. The fourth-order valence-corrected chi connectivity index (χ4v) is 3.57. The van der Waals surface area contributed by atoms with Crippen LogP contribution in [0.15, 0.2) is 36.8 Å². The van der Waals surface area contributed by atoms with Gasteiger partial charge in [-0.05, 0) is 31.0 Å². The minimum Gasteiger partial charge on any atom is -0.383 e. The van der Waals surface area contributed by atoms with E-state index in [1.165, 1.54) is 17.3 Å². The maximum Gasteiger partial charge on any atom is 0.419 e. The molecule has 0 spiro atoms. The van der Waals surface area contributed by atoms with Gasteiger partial charge in [-0.15, -0.1) is 0 Å². The fourth-order valence-electron chi connectivity index (χ4n) is 3.57. The van der Waals surface area contributed by atoms with Crippen molar-refractivity contribution in [3.05, 3.63) is 42.4 Å². The largest absolute Gasteiger partial charge is 0.419 e. The third-order valence-electron chi connectivity index (χ3n) is 5.09. The number of carbonyl (C=O) groups excluding carboxylic acids is 2. The molecule has 1 aliphatic rings.